The standard InChI is InChI=1S/C10H9N3O4/c1-2-17-7-4-3-6(5-11-7)13-9(15)8(14)12-10(13)16/h3-5H,2H2,1H3,(H,12,14,16). The molecule has 1 N–H and O–H groups in total. The van der Waals surface area contributed by atoms with Gasteiger partial charge in [-0.1, -0.05) is 0 Å². The molecule has 0 spiro atoms. The zero-order valence-electron chi connectivity index (χ0n) is 8.97. The summed E-state index contributed by atoms with van der Waals surface area (Å²) in [5, 5.41) is 1.89. The van der Waals surface area contributed by atoms with Gasteiger partial charge in [-0.3, -0.25) is 14.9 Å². The normalized spacial score (nSPS) is 15.1. The van der Waals surface area contributed by atoms with Gasteiger partial charge in [0.25, 0.3) is 0 Å². The highest BCUT2D eigenvalue weighted by atomic mass is 16.5. The van der Waals surface area contributed by atoms with Crippen LogP contribution in [0.5, 0.6) is 5.88 Å². The lowest BCUT2D eigenvalue weighted by Gasteiger charge is -2.11. The van der Waals surface area contributed by atoms with Gasteiger partial charge in [0.1, 0.15) is 0 Å². The number of carbonyl (C=O) groups excluding carboxylic acids is 3. The predicted molar refractivity (Wildman–Crippen MR) is 56.4 cm³/mol. The van der Waals surface area contributed by atoms with Gasteiger partial charge in [0.05, 0.1) is 18.5 Å². The number of aromatic nitrogens is 1. The molecule has 0 aromatic carbocycles. The number of hydrogen-bond donors (Lipinski definition) is 1. The van der Waals surface area contributed by atoms with Gasteiger partial charge in [-0.05, 0) is 13.0 Å². The van der Waals surface area contributed by atoms with E-state index in [4.69, 9.17) is 4.74 Å². The molecule has 0 bridgehead atoms. The fourth-order valence-electron chi connectivity index (χ4n) is 1.37. The van der Waals surface area contributed by atoms with Crippen LogP contribution in [0.1, 0.15) is 6.92 Å². The van der Waals surface area contributed by atoms with Crippen LogP contribution in [0, 0.1) is 0 Å². The van der Waals surface area contributed by atoms with Gasteiger partial charge in [0.15, 0.2) is 0 Å². The molecular formula is C10H9N3O4. The molecule has 1 aliphatic heterocycles. The van der Waals surface area contributed by atoms with E-state index < -0.39 is 17.8 Å². The Kier molecular flexibility index (Phi) is 2.73. The van der Waals surface area contributed by atoms with Crippen LogP contribution >= 0.6 is 0 Å². The van der Waals surface area contributed by atoms with E-state index in [2.05, 4.69) is 4.98 Å². The maximum absolute atomic E-state index is 11.4. The Labute approximate surface area is 96.4 Å². The molecule has 0 aliphatic carbocycles. The summed E-state index contributed by atoms with van der Waals surface area (Å²) < 4.78 is 5.12. The summed E-state index contributed by atoms with van der Waals surface area (Å²) in [6.45, 7) is 2.28. The number of nitrogens with one attached hydrogen (secondary N) is 1. The van der Waals surface area contributed by atoms with E-state index in [1.807, 2.05) is 12.2 Å². The summed E-state index contributed by atoms with van der Waals surface area (Å²) in [5.74, 6) is -1.47. The van der Waals surface area contributed by atoms with Crippen LogP contribution in [0.15, 0.2) is 18.3 Å². The highest BCUT2D eigenvalue weighted by molar-refractivity contribution is 6.52. The topological polar surface area (TPSA) is 88.6 Å². The van der Waals surface area contributed by atoms with Gasteiger partial charge in [0, 0.05) is 6.07 Å². The van der Waals surface area contributed by atoms with E-state index in [-0.39, 0.29) is 5.69 Å². The largest absolute Gasteiger partial charge is 0.478 e. The van der Waals surface area contributed by atoms with Crippen molar-refractivity contribution in [1.29, 1.82) is 0 Å². The third-order valence-corrected chi connectivity index (χ3v) is 2.09. The number of nitrogens with zero attached hydrogens (tertiary/aromatic N) is 2. The number of carbonyl (C=O) groups is 3. The van der Waals surface area contributed by atoms with Gasteiger partial charge in [-0.2, -0.15) is 0 Å². The van der Waals surface area contributed by atoms with E-state index in [1.54, 1.807) is 0 Å². The van der Waals surface area contributed by atoms with Gasteiger partial charge < -0.3 is 4.74 Å². The number of urea groups is 1. The maximum Gasteiger partial charge on any atom is 0.336 e. The molecule has 1 fully saturated rings. The number of amides is 4. The molecule has 0 unspecified atom stereocenters. The van der Waals surface area contributed by atoms with E-state index in [1.165, 1.54) is 18.3 Å². The average molecular weight is 235 g/mol. The van der Waals surface area contributed by atoms with Crippen molar-refractivity contribution >= 4 is 23.5 Å². The zero-order valence-corrected chi connectivity index (χ0v) is 8.97. The molecule has 7 heteroatoms. The predicted octanol–water partition coefficient (Wildman–Crippen LogP) is 0.0631. The number of anilines is 1. The quantitative estimate of drug-likeness (QED) is 0.591. The van der Waals surface area contributed by atoms with Gasteiger partial charge in [-0.15, -0.1) is 0 Å². The molecule has 1 aromatic rings. The Balaban J connectivity index is 2.25. The molecule has 2 heterocycles. The van der Waals surface area contributed by atoms with Crippen molar-refractivity contribution in [2.24, 2.45) is 0 Å². The number of hydrogen-bond acceptors (Lipinski definition) is 5. The fraction of sp³-hybridized carbons (Fsp3) is 0.200. The molecule has 2 rings (SSSR count). The first-order valence-corrected chi connectivity index (χ1v) is 4.91. The molecule has 88 valence electrons. The third kappa shape index (κ3) is 1.94. The van der Waals surface area contributed by atoms with Crippen LogP contribution < -0.4 is 15.0 Å². The second kappa shape index (κ2) is 4.20. The molecule has 0 radical (unpaired) electrons. The number of ether oxygens (including phenoxy) is 1. The van der Waals surface area contributed by atoms with Crippen LogP contribution in [0.3, 0.4) is 0 Å². The lowest BCUT2D eigenvalue weighted by atomic mass is 10.3. The Morgan fingerprint density at radius 2 is 2.12 bits per heavy atom. The second-order valence-electron chi connectivity index (χ2n) is 3.19. The molecule has 0 saturated carbocycles. The Bertz CT molecular complexity index is 483. The minimum absolute atomic E-state index is 0.224. The number of pyridine rings is 1. The lowest BCUT2D eigenvalue weighted by molar-refractivity contribution is -0.134. The Morgan fingerprint density at radius 3 is 2.59 bits per heavy atom. The van der Waals surface area contributed by atoms with E-state index in [0.29, 0.717) is 12.5 Å². The van der Waals surface area contributed by atoms with Crippen molar-refractivity contribution in [3.63, 3.8) is 0 Å². The molecule has 1 saturated heterocycles. The third-order valence-electron chi connectivity index (χ3n) is 2.09. The molecule has 0 atom stereocenters. The average Bonchev–Trinajstić information content (AvgIpc) is 2.55. The van der Waals surface area contributed by atoms with Crippen LogP contribution in [-0.4, -0.2) is 29.4 Å². The summed E-state index contributed by atoms with van der Waals surface area (Å²) in [4.78, 5) is 38.3. The van der Waals surface area contributed by atoms with Gasteiger partial charge in [0.2, 0.25) is 5.88 Å². The van der Waals surface area contributed by atoms with E-state index >= 15 is 0 Å². The number of rotatable bonds is 3. The van der Waals surface area contributed by atoms with Crippen molar-refractivity contribution in [3.05, 3.63) is 18.3 Å². The number of imide groups is 2. The van der Waals surface area contributed by atoms with Crippen molar-refractivity contribution in [3.8, 4) is 5.88 Å². The van der Waals surface area contributed by atoms with Crippen LogP contribution in [0.25, 0.3) is 0 Å². The SMILES string of the molecule is CCOc1ccc(N2C(=O)NC(=O)C2=O)cn1. The van der Waals surface area contributed by atoms with Crippen LogP contribution in [0.2, 0.25) is 0 Å². The van der Waals surface area contributed by atoms with Crippen molar-refractivity contribution in [2.75, 3.05) is 11.5 Å². The van der Waals surface area contributed by atoms with Gasteiger partial charge in [-0.25, -0.2) is 14.7 Å². The minimum atomic E-state index is -0.941. The van der Waals surface area contributed by atoms with Crippen LogP contribution in [-0.2, 0) is 9.59 Å². The molecular weight excluding hydrogens is 226 g/mol. The first kappa shape index (κ1) is 11.1. The van der Waals surface area contributed by atoms with Crippen LogP contribution in [0.4, 0.5) is 10.5 Å². The van der Waals surface area contributed by atoms with Crippen molar-refractivity contribution in [2.45, 2.75) is 6.92 Å². The molecule has 17 heavy (non-hydrogen) atoms. The minimum Gasteiger partial charge on any atom is -0.478 e. The highest BCUT2D eigenvalue weighted by Gasteiger charge is 2.38. The van der Waals surface area contributed by atoms with E-state index in [0.717, 1.165) is 4.90 Å². The Morgan fingerprint density at radius 1 is 1.35 bits per heavy atom. The van der Waals surface area contributed by atoms with E-state index in [9.17, 15) is 14.4 Å². The van der Waals surface area contributed by atoms with Crippen molar-refractivity contribution in [1.82, 2.24) is 10.3 Å². The smallest absolute Gasteiger partial charge is 0.336 e. The summed E-state index contributed by atoms with van der Waals surface area (Å²) in [6, 6.07) is 2.22. The molecule has 1 aliphatic rings. The zero-order chi connectivity index (χ0) is 12.4. The summed E-state index contributed by atoms with van der Waals surface area (Å²) in [5.41, 5.74) is 0.224. The summed E-state index contributed by atoms with van der Waals surface area (Å²) >= 11 is 0. The van der Waals surface area contributed by atoms with Crippen molar-refractivity contribution < 1.29 is 19.1 Å². The molecule has 7 nitrogen and oxygen atoms in total. The highest BCUT2D eigenvalue weighted by Crippen LogP contribution is 2.18. The monoisotopic (exact) mass is 235 g/mol. The second-order valence-corrected chi connectivity index (χ2v) is 3.19. The molecule has 4 amide bonds. The maximum atomic E-state index is 11.4. The summed E-state index contributed by atoms with van der Waals surface area (Å²) in [7, 11) is 0. The fourth-order valence-corrected chi connectivity index (χ4v) is 1.37. The summed E-state index contributed by atoms with van der Waals surface area (Å²) in [6.07, 6.45) is 1.29. The Hall–Kier alpha value is -2.44. The first-order chi connectivity index (χ1) is 8.13. The lowest BCUT2D eigenvalue weighted by Crippen LogP contribution is -2.30. The van der Waals surface area contributed by atoms with Gasteiger partial charge >= 0.3 is 17.8 Å². The first-order valence-electron chi connectivity index (χ1n) is 4.91. The molecule has 1 aromatic heterocycles.